The van der Waals surface area contributed by atoms with E-state index >= 15 is 4.79 Å². The van der Waals surface area contributed by atoms with Gasteiger partial charge < -0.3 is 5.11 Å². The number of imide groups is 2. The lowest BCUT2D eigenvalue weighted by Gasteiger charge is -2.50. The number of nitrogens with zero attached hydrogens (tertiary/aromatic N) is 2. The van der Waals surface area contributed by atoms with Crippen molar-refractivity contribution in [1.82, 2.24) is 5.01 Å². The van der Waals surface area contributed by atoms with Crippen LogP contribution in [-0.4, -0.2) is 39.5 Å². The summed E-state index contributed by atoms with van der Waals surface area (Å²) in [5.41, 5.74) is 6.27. The third-order valence-electron chi connectivity index (χ3n) is 12.1. The monoisotopic (exact) mass is 805 g/mol. The smallest absolute Gasteiger partial charge is 0.260 e. The van der Waals surface area contributed by atoms with Gasteiger partial charge in [0.1, 0.15) is 5.75 Å². The van der Waals surface area contributed by atoms with Gasteiger partial charge in [0, 0.05) is 27.1 Å². The largest absolute Gasteiger partial charge is 0.508 e. The molecule has 9 rings (SSSR count). The quantitative estimate of drug-likeness (QED) is 0.0975. The number of hydrazine groups is 1. The SMILES string of the molecule is Cc1ccc(NN2C(=O)[C@@H]3C[C@@H]4C(=CC[C@@H]5C(=O)N(c6ccc(C(=O)c7ccccc7)cc6)C(=O)[C@@H]54)[C@H](c4cc(Br)ccc4O)[C@]3(c3ccccc3)C2=O)cc1. The predicted molar refractivity (Wildman–Crippen MR) is 213 cm³/mol. The van der Waals surface area contributed by atoms with Gasteiger partial charge in [-0.15, -0.1) is 0 Å². The topological polar surface area (TPSA) is 124 Å². The highest BCUT2D eigenvalue weighted by Crippen LogP contribution is 2.65. The van der Waals surface area contributed by atoms with Crippen LogP contribution in [0.1, 0.15) is 51.4 Å². The summed E-state index contributed by atoms with van der Waals surface area (Å²) in [4.78, 5) is 73.5. The number of ketones is 1. The number of aryl methyl sites for hydroxylation is 1. The molecule has 0 aromatic heterocycles. The highest BCUT2D eigenvalue weighted by molar-refractivity contribution is 9.10. The summed E-state index contributed by atoms with van der Waals surface area (Å²) in [6, 6.07) is 37.0. The molecule has 2 aliphatic heterocycles. The Labute approximate surface area is 331 Å². The second-order valence-electron chi connectivity index (χ2n) is 15.0. The Morgan fingerprint density at radius 3 is 2.12 bits per heavy atom. The molecule has 4 amide bonds. The highest BCUT2D eigenvalue weighted by atomic mass is 79.9. The minimum absolute atomic E-state index is 0.0540. The number of nitrogens with one attached hydrogen (secondary N) is 1. The summed E-state index contributed by atoms with van der Waals surface area (Å²) in [7, 11) is 0. The Morgan fingerprint density at radius 1 is 0.768 bits per heavy atom. The Morgan fingerprint density at radius 2 is 1.43 bits per heavy atom. The van der Waals surface area contributed by atoms with E-state index in [9.17, 15) is 24.3 Å². The number of carbonyl (C=O) groups excluding carboxylic acids is 5. The molecule has 0 unspecified atom stereocenters. The van der Waals surface area contributed by atoms with Crippen LogP contribution in [0.4, 0.5) is 11.4 Å². The molecule has 278 valence electrons. The van der Waals surface area contributed by atoms with E-state index in [4.69, 9.17) is 0 Å². The van der Waals surface area contributed by atoms with Crippen LogP contribution < -0.4 is 10.3 Å². The number of phenols is 1. The molecule has 56 heavy (non-hydrogen) atoms. The van der Waals surface area contributed by atoms with Gasteiger partial charge in [0.25, 0.3) is 11.8 Å². The number of halogens is 1. The third-order valence-corrected chi connectivity index (χ3v) is 12.6. The summed E-state index contributed by atoms with van der Waals surface area (Å²) < 4.78 is 0.667. The van der Waals surface area contributed by atoms with Crippen LogP contribution in [0.2, 0.25) is 0 Å². The van der Waals surface area contributed by atoms with E-state index in [1.54, 1.807) is 78.9 Å². The minimum Gasteiger partial charge on any atom is -0.508 e. The van der Waals surface area contributed by atoms with Crippen LogP contribution in [0.5, 0.6) is 5.75 Å². The van der Waals surface area contributed by atoms with Crippen molar-refractivity contribution in [2.45, 2.75) is 31.1 Å². The Balaban J connectivity index is 1.15. The summed E-state index contributed by atoms with van der Waals surface area (Å²) in [6.07, 6.45) is 2.32. The molecule has 2 aliphatic carbocycles. The molecule has 0 spiro atoms. The van der Waals surface area contributed by atoms with Crippen molar-refractivity contribution in [1.29, 1.82) is 0 Å². The zero-order valence-electron chi connectivity index (χ0n) is 30.3. The summed E-state index contributed by atoms with van der Waals surface area (Å²) >= 11 is 3.58. The fraction of sp³-hybridized carbons (Fsp3) is 0.196. The van der Waals surface area contributed by atoms with E-state index in [0.29, 0.717) is 38.1 Å². The van der Waals surface area contributed by atoms with Crippen molar-refractivity contribution in [3.8, 4) is 5.75 Å². The lowest BCUT2D eigenvalue weighted by atomic mass is 9.49. The second kappa shape index (κ2) is 13.6. The molecular weight excluding hydrogens is 770 g/mol. The number of allylic oxidation sites excluding steroid dienone is 2. The molecule has 2 saturated heterocycles. The number of hydrogen-bond acceptors (Lipinski definition) is 7. The summed E-state index contributed by atoms with van der Waals surface area (Å²) in [5, 5.41) is 12.7. The van der Waals surface area contributed by atoms with Gasteiger partial charge in [0.05, 0.1) is 34.5 Å². The van der Waals surface area contributed by atoms with E-state index < -0.39 is 52.7 Å². The van der Waals surface area contributed by atoms with Crippen LogP contribution in [0, 0.1) is 30.6 Å². The van der Waals surface area contributed by atoms with Gasteiger partial charge in [0.2, 0.25) is 11.8 Å². The Hall–Kier alpha value is -6.13. The molecule has 2 N–H and O–H groups in total. The van der Waals surface area contributed by atoms with Gasteiger partial charge in [-0.05, 0) is 85.8 Å². The van der Waals surface area contributed by atoms with Gasteiger partial charge in [-0.25, -0.2) is 0 Å². The molecule has 0 radical (unpaired) electrons. The maximum atomic E-state index is 15.3. The average Bonchev–Trinajstić information content (AvgIpc) is 3.60. The number of aromatic hydroxyl groups is 1. The maximum absolute atomic E-state index is 15.3. The van der Waals surface area contributed by atoms with Crippen molar-refractivity contribution in [2.24, 2.45) is 23.7 Å². The zero-order valence-corrected chi connectivity index (χ0v) is 31.8. The molecule has 5 aromatic rings. The third kappa shape index (κ3) is 5.38. The number of benzene rings is 5. The molecule has 2 heterocycles. The molecule has 5 aromatic carbocycles. The first-order chi connectivity index (χ1) is 27.1. The van der Waals surface area contributed by atoms with Crippen molar-refractivity contribution < 1.29 is 29.1 Å². The van der Waals surface area contributed by atoms with Gasteiger partial charge in [-0.2, -0.15) is 5.01 Å². The van der Waals surface area contributed by atoms with Crippen LogP contribution in [0.25, 0.3) is 0 Å². The average molecular weight is 807 g/mol. The molecule has 4 aliphatic rings. The number of carbonyl (C=O) groups is 5. The van der Waals surface area contributed by atoms with E-state index in [1.807, 2.05) is 61.5 Å². The molecule has 1 saturated carbocycles. The normalized spacial score (nSPS) is 25.4. The molecule has 3 fully saturated rings. The van der Waals surface area contributed by atoms with Gasteiger partial charge in [-0.3, -0.25) is 34.3 Å². The van der Waals surface area contributed by atoms with Crippen molar-refractivity contribution in [3.63, 3.8) is 0 Å². The Bertz CT molecular complexity index is 2470. The minimum atomic E-state index is -1.50. The first-order valence-electron chi connectivity index (χ1n) is 18.6. The van der Waals surface area contributed by atoms with Crippen LogP contribution >= 0.6 is 15.9 Å². The zero-order chi connectivity index (χ0) is 38.9. The fourth-order valence-corrected chi connectivity index (χ4v) is 10.00. The Kier molecular flexibility index (Phi) is 8.61. The number of rotatable bonds is 7. The number of phenolic OH excluding ortho intramolecular Hbond substituents is 1. The van der Waals surface area contributed by atoms with E-state index in [0.717, 1.165) is 16.1 Å². The van der Waals surface area contributed by atoms with Crippen molar-refractivity contribution in [2.75, 3.05) is 10.3 Å². The standard InChI is InChI=1S/C46H36BrN3O6/c1-26-12-17-31(18-13-26)48-50-43(54)37-25-35-33(40(36-24-30(47)16-23-38(36)51)46(37,45(50)56)29-10-6-3-7-11-29)21-22-34-39(35)44(55)49(42(34)53)32-19-14-28(15-20-32)41(52)27-8-4-2-5-9-27/h2-21,23-24,34-35,37,39-40,48,51H,22,25H2,1H3/t34-,35+,37-,39-,40+,46+/m0/s1. The number of hydrogen-bond donors (Lipinski definition) is 2. The van der Waals surface area contributed by atoms with Gasteiger partial charge in [-0.1, -0.05) is 106 Å². The highest BCUT2D eigenvalue weighted by Gasteiger charge is 2.70. The first-order valence-corrected chi connectivity index (χ1v) is 19.4. The van der Waals surface area contributed by atoms with Gasteiger partial charge in [0.15, 0.2) is 5.78 Å². The van der Waals surface area contributed by atoms with Gasteiger partial charge >= 0.3 is 0 Å². The molecule has 10 heteroatoms. The first kappa shape index (κ1) is 35.6. The maximum Gasteiger partial charge on any atom is 0.260 e. The summed E-state index contributed by atoms with van der Waals surface area (Å²) in [6.45, 7) is 1.95. The number of amides is 4. The molecule has 0 bridgehead atoms. The lowest BCUT2D eigenvalue weighted by molar-refractivity contribution is -0.138. The van der Waals surface area contributed by atoms with E-state index in [1.165, 1.54) is 4.90 Å². The number of anilines is 2. The number of fused-ring (bicyclic) bond motifs is 4. The van der Waals surface area contributed by atoms with Crippen LogP contribution in [0.3, 0.4) is 0 Å². The fourth-order valence-electron chi connectivity index (χ4n) is 9.62. The van der Waals surface area contributed by atoms with Crippen LogP contribution in [-0.2, 0) is 24.6 Å². The molecule has 6 atom stereocenters. The second-order valence-corrected chi connectivity index (χ2v) is 16.0. The molecule has 9 nitrogen and oxygen atoms in total. The summed E-state index contributed by atoms with van der Waals surface area (Å²) in [5.74, 6) is -5.84. The lowest BCUT2D eigenvalue weighted by Crippen LogP contribution is -2.53. The van der Waals surface area contributed by atoms with E-state index in [2.05, 4.69) is 21.4 Å². The van der Waals surface area contributed by atoms with Crippen LogP contribution in [0.15, 0.2) is 144 Å². The molecular formula is C46H36BrN3O6. The van der Waals surface area contributed by atoms with Crippen molar-refractivity contribution in [3.05, 3.63) is 171 Å². The van der Waals surface area contributed by atoms with Crippen molar-refractivity contribution >= 4 is 56.7 Å². The predicted octanol–water partition coefficient (Wildman–Crippen LogP) is 7.88. The van der Waals surface area contributed by atoms with E-state index in [-0.39, 0.29) is 30.3 Å².